The molecule has 8 heteroatoms. The van der Waals surface area contributed by atoms with Crippen LogP contribution in [0.2, 0.25) is 0 Å². The van der Waals surface area contributed by atoms with Crippen molar-refractivity contribution < 1.29 is 23.0 Å². The molecule has 0 fully saturated rings. The number of hydrogen-bond acceptors (Lipinski definition) is 5. The fourth-order valence-corrected chi connectivity index (χ4v) is 2.29. The van der Waals surface area contributed by atoms with E-state index in [1.807, 2.05) is 12.1 Å². The molecule has 0 atom stereocenters. The van der Waals surface area contributed by atoms with Crippen molar-refractivity contribution >= 4 is 0 Å². The van der Waals surface area contributed by atoms with E-state index in [2.05, 4.69) is 19.6 Å². The Morgan fingerprint density at radius 3 is 2.58 bits per heavy atom. The van der Waals surface area contributed by atoms with Gasteiger partial charge in [-0.3, -0.25) is 0 Å². The van der Waals surface area contributed by atoms with Gasteiger partial charge in [0.1, 0.15) is 25.0 Å². The first-order valence-electron chi connectivity index (χ1n) is 7.06. The molecule has 0 amide bonds. The smallest absolute Gasteiger partial charge is 0.489 e. The van der Waals surface area contributed by atoms with E-state index < -0.39 is 6.29 Å². The van der Waals surface area contributed by atoms with Gasteiger partial charge in [0.25, 0.3) is 0 Å². The summed E-state index contributed by atoms with van der Waals surface area (Å²) in [6, 6.07) is 11.8. The molecule has 0 N–H and O–H groups in total. The summed E-state index contributed by atoms with van der Waals surface area (Å²) in [6.45, 7) is 0.213. The van der Waals surface area contributed by atoms with E-state index in [4.69, 9.17) is 4.74 Å². The molecule has 0 spiro atoms. The average molecular weight is 331 g/mol. The number of ether oxygens (including phenoxy) is 3. The predicted octanol–water partition coefficient (Wildman–Crippen LogP) is 3.17. The van der Waals surface area contributed by atoms with Crippen LogP contribution in [0.5, 0.6) is 17.2 Å². The maximum Gasteiger partial charge on any atom is 0.586 e. The fraction of sp³-hybridized carbons (Fsp3) is 0.125. The number of aromatic nitrogens is 3. The van der Waals surface area contributed by atoms with E-state index in [0.717, 1.165) is 5.69 Å². The van der Waals surface area contributed by atoms with Crippen molar-refractivity contribution in [2.75, 3.05) is 0 Å². The van der Waals surface area contributed by atoms with Crippen LogP contribution in [-0.2, 0) is 6.61 Å². The van der Waals surface area contributed by atoms with E-state index in [1.165, 1.54) is 18.5 Å². The van der Waals surface area contributed by atoms with Crippen molar-refractivity contribution in [3.63, 3.8) is 0 Å². The molecule has 2 heterocycles. The third kappa shape index (κ3) is 2.85. The minimum atomic E-state index is -3.61. The molecular formula is C16H11F2N3O3. The van der Waals surface area contributed by atoms with Gasteiger partial charge < -0.3 is 14.2 Å². The maximum atomic E-state index is 13.0. The maximum absolute atomic E-state index is 13.0. The van der Waals surface area contributed by atoms with Crippen molar-refractivity contribution in [2.45, 2.75) is 12.9 Å². The lowest BCUT2D eigenvalue weighted by Gasteiger charge is -2.08. The molecule has 1 aliphatic rings. The van der Waals surface area contributed by atoms with Gasteiger partial charge in [-0.15, -0.1) is 8.78 Å². The van der Waals surface area contributed by atoms with Gasteiger partial charge in [-0.2, -0.15) is 5.10 Å². The Labute approximate surface area is 135 Å². The number of fused-ring (bicyclic) bond motifs is 1. The lowest BCUT2D eigenvalue weighted by molar-refractivity contribution is -0.286. The molecule has 1 aromatic heterocycles. The largest absolute Gasteiger partial charge is 0.586 e. The average Bonchev–Trinajstić information content (AvgIpc) is 3.19. The van der Waals surface area contributed by atoms with E-state index in [9.17, 15) is 8.78 Å². The summed E-state index contributed by atoms with van der Waals surface area (Å²) in [5, 5.41) is 4.03. The van der Waals surface area contributed by atoms with Crippen molar-refractivity contribution in [3.8, 4) is 22.9 Å². The minimum Gasteiger partial charge on any atom is -0.489 e. The summed E-state index contributed by atoms with van der Waals surface area (Å²) in [7, 11) is 0. The Kier molecular flexibility index (Phi) is 3.30. The first-order chi connectivity index (χ1) is 11.6. The Hall–Kier alpha value is -3.16. The summed E-state index contributed by atoms with van der Waals surface area (Å²) in [5.74, 6) is 0.658. The normalized spacial score (nSPS) is 14.6. The highest BCUT2D eigenvalue weighted by Gasteiger charge is 2.43. The van der Waals surface area contributed by atoms with Gasteiger partial charge in [0.05, 0.1) is 5.69 Å². The summed E-state index contributed by atoms with van der Waals surface area (Å²) < 4.78 is 42.0. The molecule has 2 aromatic carbocycles. The van der Waals surface area contributed by atoms with E-state index in [-0.39, 0.29) is 18.1 Å². The van der Waals surface area contributed by atoms with Gasteiger partial charge in [-0.25, -0.2) is 9.67 Å². The lowest BCUT2D eigenvalue weighted by atomic mass is 10.2. The molecule has 0 radical (unpaired) electrons. The van der Waals surface area contributed by atoms with Crippen LogP contribution in [0.3, 0.4) is 0 Å². The third-order valence-corrected chi connectivity index (χ3v) is 3.39. The molecule has 0 bridgehead atoms. The molecule has 4 rings (SSSR count). The first-order valence-corrected chi connectivity index (χ1v) is 7.06. The Morgan fingerprint density at radius 2 is 1.83 bits per heavy atom. The van der Waals surface area contributed by atoms with Gasteiger partial charge in [0, 0.05) is 0 Å². The zero-order valence-electron chi connectivity index (χ0n) is 12.2. The molecule has 0 saturated heterocycles. The first kappa shape index (κ1) is 14.4. The summed E-state index contributed by atoms with van der Waals surface area (Å²) >= 11 is 0. The topological polar surface area (TPSA) is 58.4 Å². The van der Waals surface area contributed by atoms with Crippen LogP contribution in [0.1, 0.15) is 5.56 Å². The SMILES string of the molecule is FC1(F)Oc2ccc(COc3ccc(-n4cncn4)cc3)cc2O1. The summed E-state index contributed by atoms with van der Waals surface area (Å²) in [6.07, 6.45) is -0.565. The Balaban J connectivity index is 1.42. The number of hydrogen-bond donors (Lipinski definition) is 0. The quantitative estimate of drug-likeness (QED) is 0.735. The second kappa shape index (κ2) is 5.48. The van der Waals surface area contributed by atoms with Crippen LogP contribution in [0.25, 0.3) is 5.69 Å². The van der Waals surface area contributed by atoms with Gasteiger partial charge >= 0.3 is 6.29 Å². The highest BCUT2D eigenvalue weighted by Crippen LogP contribution is 2.41. The van der Waals surface area contributed by atoms with Gasteiger partial charge in [0.15, 0.2) is 11.5 Å². The fourth-order valence-electron chi connectivity index (χ4n) is 2.29. The molecule has 122 valence electrons. The van der Waals surface area contributed by atoms with Gasteiger partial charge in [-0.05, 0) is 42.0 Å². The zero-order valence-corrected chi connectivity index (χ0v) is 12.2. The lowest BCUT2D eigenvalue weighted by Crippen LogP contribution is -2.25. The minimum absolute atomic E-state index is 0.00244. The van der Waals surface area contributed by atoms with E-state index in [0.29, 0.717) is 11.3 Å². The van der Waals surface area contributed by atoms with Crippen LogP contribution in [0, 0.1) is 0 Å². The monoisotopic (exact) mass is 331 g/mol. The molecule has 0 aliphatic carbocycles. The molecule has 1 aliphatic heterocycles. The second-order valence-electron chi connectivity index (χ2n) is 5.07. The van der Waals surface area contributed by atoms with Gasteiger partial charge in [-0.1, -0.05) is 6.07 Å². The van der Waals surface area contributed by atoms with Crippen molar-refractivity contribution in [3.05, 3.63) is 60.7 Å². The number of rotatable bonds is 4. The van der Waals surface area contributed by atoms with Crippen LogP contribution < -0.4 is 14.2 Å². The van der Waals surface area contributed by atoms with Crippen LogP contribution in [-0.4, -0.2) is 21.1 Å². The van der Waals surface area contributed by atoms with E-state index >= 15 is 0 Å². The number of halogens is 2. The highest BCUT2D eigenvalue weighted by molar-refractivity contribution is 5.45. The Bertz CT molecular complexity index is 852. The summed E-state index contributed by atoms with van der Waals surface area (Å²) in [5.41, 5.74) is 1.54. The summed E-state index contributed by atoms with van der Waals surface area (Å²) in [4.78, 5) is 3.88. The molecular weight excluding hydrogens is 320 g/mol. The predicted molar refractivity (Wildman–Crippen MR) is 78.3 cm³/mol. The zero-order chi connectivity index (χ0) is 16.6. The number of alkyl halides is 2. The van der Waals surface area contributed by atoms with Crippen molar-refractivity contribution in [2.24, 2.45) is 0 Å². The number of benzene rings is 2. The number of nitrogens with zero attached hydrogens (tertiary/aromatic N) is 3. The van der Waals surface area contributed by atoms with Crippen molar-refractivity contribution in [1.82, 2.24) is 14.8 Å². The van der Waals surface area contributed by atoms with Crippen LogP contribution >= 0.6 is 0 Å². The standard InChI is InChI=1S/C16H11F2N3O3/c17-16(18)23-14-6-1-11(7-15(14)24-16)8-22-13-4-2-12(3-5-13)21-10-19-9-20-21/h1-7,9-10H,8H2. The van der Waals surface area contributed by atoms with Crippen LogP contribution in [0.4, 0.5) is 8.78 Å². The van der Waals surface area contributed by atoms with Gasteiger partial charge in [0.2, 0.25) is 0 Å². The third-order valence-electron chi connectivity index (χ3n) is 3.39. The molecule has 0 saturated carbocycles. The van der Waals surface area contributed by atoms with E-state index in [1.54, 1.807) is 29.2 Å². The molecule has 3 aromatic rings. The highest BCUT2D eigenvalue weighted by atomic mass is 19.3. The second-order valence-corrected chi connectivity index (χ2v) is 5.07. The van der Waals surface area contributed by atoms with Crippen LogP contribution in [0.15, 0.2) is 55.1 Å². The molecule has 6 nitrogen and oxygen atoms in total. The Morgan fingerprint density at radius 1 is 1.04 bits per heavy atom. The molecule has 24 heavy (non-hydrogen) atoms. The van der Waals surface area contributed by atoms with Crippen molar-refractivity contribution in [1.29, 1.82) is 0 Å². The molecule has 0 unspecified atom stereocenters.